The first kappa shape index (κ1) is 15.8. The Morgan fingerprint density at radius 1 is 1.38 bits per heavy atom. The lowest BCUT2D eigenvalue weighted by Crippen LogP contribution is -2.41. The van der Waals surface area contributed by atoms with Crippen LogP contribution in [0.15, 0.2) is 12.1 Å². The lowest BCUT2D eigenvalue weighted by molar-refractivity contribution is -0.139. The molecule has 1 N–H and O–H groups in total. The van der Waals surface area contributed by atoms with Crippen LogP contribution in [0.5, 0.6) is 5.75 Å². The smallest absolute Gasteiger partial charge is 0.229 e. The summed E-state index contributed by atoms with van der Waals surface area (Å²) in [6, 6.07) is 4.20. The van der Waals surface area contributed by atoms with Crippen molar-refractivity contribution in [3.05, 3.63) is 28.8 Å². The maximum atomic E-state index is 12.6. The molecule has 0 aromatic heterocycles. The number of hydrogen-bond acceptors (Lipinski definition) is 3. The van der Waals surface area contributed by atoms with Gasteiger partial charge >= 0.3 is 0 Å². The van der Waals surface area contributed by atoms with E-state index in [4.69, 9.17) is 4.74 Å². The molecule has 1 aliphatic rings. The number of aryl methyl sites for hydroxylation is 2. The molecule has 0 spiro atoms. The van der Waals surface area contributed by atoms with Gasteiger partial charge < -0.3 is 15.0 Å². The van der Waals surface area contributed by atoms with Gasteiger partial charge in [-0.25, -0.2) is 0 Å². The third-order valence-electron chi connectivity index (χ3n) is 4.38. The summed E-state index contributed by atoms with van der Waals surface area (Å²) in [6.07, 6.45) is 0.914. The van der Waals surface area contributed by atoms with Gasteiger partial charge in [-0.3, -0.25) is 4.79 Å². The van der Waals surface area contributed by atoms with Gasteiger partial charge in [-0.1, -0.05) is 12.1 Å². The van der Waals surface area contributed by atoms with Crippen molar-refractivity contribution in [1.82, 2.24) is 10.2 Å². The summed E-state index contributed by atoms with van der Waals surface area (Å²) in [5.74, 6) is 1.15. The topological polar surface area (TPSA) is 41.6 Å². The highest BCUT2D eigenvalue weighted by Crippen LogP contribution is 2.29. The SMILES string of the molecule is COc1c(C)cc(CN(C)C(=O)C2(C)CCNC2)cc1C. The zero-order chi connectivity index (χ0) is 15.6. The van der Waals surface area contributed by atoms with Gasteiger partial charge in [0.2, 0.25) is 5.91 Å². The van der Waals surface area contributed by atoms with Crippen LogP contribution in [0.2, 0.25) is 0 Å². The number of methoxy groups -OCH3 is 1. The molecule has 21 heavy (non-hydrogen) atoms. The van der Waals surface area contributed by atoms with E-state index >= 15 is 0 Å². The highest BCUT2D eigenvalue weighted by molar-refractivity contribution is 5.82. The molecule has 1 aliphatic heterocycles. The molecule has 4 nitrogen and oxygen atoms in total. The van der Waals surface area contributed by atoms with Crippen LogP contribution < -0.4 is 10.1 Å². The van der Waals surface area contributed by atoms with Crippen molar-refractivity contribution in [2.24, 2.45) is 5.41 Å². The Morgan fingerprint density at radius 2 is 2.00 bits per heavy atom. The second-order valence-corrected chi connectivity index (χ2v) is 6.41. The molecular weight excluding hydrogens is 264 g/mol. The second-order valence-electron chi connectivity index (χ2n) is 6.41. The quantitative estimate of drug-likeness (QED) is 0.925. The lowest BCUT2D eigenvalue weighted by Gasteiger charge is -2.28. The summed E-state index contributed by atoms with van der Waals surface area (Å²) in [4.78, 5) is 14.5. The molecule has 1 fully saturated rings. The average Bonchev–Trinajstić information content (AvgIpc) is 2.85. The summed E-state index contributed by atoms with van der Waals surface area (Å²) >= 11 is 0. The Balaban J connectivity index is 2.12. The number of carbonyl (C=O) groups is 1. The number of nitrogens with zero attached hydrogens (tertiary/aromatic N) is 1. The van der Waals surface area contributed by atoms with Crippen molar-refractivity contribution >= 4 is 5.91 Å². The zero-order valence-electron chi connectivity index (χ0n) is 13.7. The third kappa shape index (κ3) is 3.21. The van der Waals surface area contributed by atoms with Crippen molar-refractivity contribution in [3.8, 4) is 5.75 Å². The van der Waals surface area contributed by atoms with E-state index in [0.29, 0.717) is 6.54 Å². The van der Waals surface area contributed by atoms with Crippen molar-refractivity contribution in [2.75, 3.05) is 27.2 Å². The fraction of sp³-hybridized carbons (Fsp3) is 0.588. The molecule has 4 heteroatoms. The standard InChI is InChI=1S/C17H26N2O2/c1-12-8-14(9-13(2)15(12)21-5)10-19(4)16(20)17(3)6-7-18-11-17/h8-9,18H,6-7,10-11H2,1-5H3. The van der Waals surface area contributed by atoms with Gasteiger partial charge in [-0.2, -0.15) is 0 Å². The molecule has 1 amide bonds. The van der Waals surface area contributed by atoms with Crippen molar-refractivity contribution < 1.29 is 9.53 Å². The van der Waals surface area contributed by atoms with Gasteiger partial charge in [0.1, 0.15) is 5.75 Å². The van der Waals surface area contributed by atoms with Crippen LogP contribution in [0, 0.1) is 19.3 Å². The van der Waals surface area contributed by atoms with Crippen LogP contribution in [0.1, 0.15) is 30.0 Å². The highest BCUT2D eigenvalue weighted by Gasteiger charge is 2.38. The maximum Gasteiger partial charge on any atom is 0.229 e. The fourth-order valence-electron chi connectivity index (χ4n) is 3.26. The van der Waals surface area contributed by atoms with E-state index in [1.54, 1.807) is 7.11 Å². The van der Waals surface area contributed by atoms with Gasteiger partial charge in [-0.15, -0.1) is 0 Å². The first-order chi connectivity index (χ1) is 9.87. The van der Waals surface area contributed by atoms with E-state index in [1.165, 1.54) is 0 Å². The van der Waals surface area contributed by atoms with Gasteiger partial charge in [0.25, 0.3) is 0 Å². The first-order valence-electron chi connectivity index (χ1n) is 7.48. The molecule has 1 atom stereocenters. The molecule has 116 valence electrons. The van der Waals surface area contributed by atoms with Crippen LogP contribution in [-0.4, -0.2) is 38.1 Å². The molecule has 1 aromatic carbocycles. The molecule has 1 saturated heterocycles. The van der Waals surface area contributed by atoms with Crippen LogP contribution >= 0.6 is 0 Å². The summed E-state index contributed by atoms with van der Waals surface area (Å²) in [5, 5.41) is 3.28. The van der Waals surface area contributed by atoms with E-state index in [1.807, 2.05) is 25.8 Å². The van der Waals surface area contributed by atoms with E-state index < -0.39 is 0 Å². The molecule has 0 aliphatic carbocycles. The van der Waals surface area contributed by atoms with Gasteiger partial charge in [0.15, 0.2) is 0 Å². The molecule has 0 saturated carbocycles. The highest BCUT2D eigenvalue weighted by atomic mass is 16.5. The normalized spacial score (nSPS) is 21.4. The zero-order valence-corrected chi connectivity index (χ0v) is 13.7. The monoisotopic (exact) mass is 290 g/mol. The van der Waals surface area contributed by atoms with Gasteiger partial charge in [0, 0.05) is 20.1 Å². The largest absolute Gasteiger partial charge is 0.496 e. The summed E-state index contributed by atoms with van der Waals surface area (Å²) in [5.41, 5.74) is 3.12. The molecule has 1 aromatic rings. The van der Waals surface area contributed by atoms with Crippen LogP contribution in [0.3, 0.4) is 0 Å². The van der Waals surface area contributed by atoms with E-state index in [2.05, 4.69) is 24.4 Å². The van der Waals surface area contributed by atoms with Crippen LogP contribution in [0.4, 0.5) is 0 Å². The second kappa shape index (κ2) is 6.06. The molecule has 1 unspecified atom stereocenters. The Hall–Kier alpha value is -1.55. The molecule has 1 heterocycles. The minimum atomic E-state index is -0.259. The number of carbonyl (C=O) groups excluding carboxylic acids is 1. The maximum absolute atomic E-state index is 12.6. The number of amides is 1. The third-order valence-corrected chi connectivity index (χ3v) is 4.38. The summed E-state index contributed by atoms with van der Waals surface area (Å²) in [6.45, 7) is 8.48. The Kier molecular flexibility index (Phi) is 4.57. The van der Waals surface area contributed by atoms with Gasteiger partial charge in [-0.05, 0) is 50.4 Å². The van der Waals surface area contributed by atoms with Crippen molar-refractivity contribution in [3.63, 3.8) is 0 Å². The molecular formula is C17H26N2O2. The predicted molar refractivity (Wildman–Crippen MR) is 84.5 cm³/mol. The van der Waals surface area contributed by atoms with Crippen LogP contribution in [-0.2, 0) is 11.3 Å². The lowest BCUT2D eigenvalue weighted by atomic mass is 9.88. The Bertz CT molecular complexity index is 511. The van der Waals surface area contributed by atoms with Crippen molar-refractivity contribution in [1.29, 1.82) is 0 Å². The molecule has 0 radical (unpaired) electrons. The minimum Gasteiger partial charge on any atom is -0.496 e. The van der Waals surface area contributed by atoms with Crippen LogP contribution in [0.25, 0.3) is 0 Å². The molecule has 2 rings (SSSR count). The van der Waals surface area contributed by atoms with E-state index in [-0.39, 0.29) is 11.3 Å². The average molecular weight is 290 g/mol. The van der Waals surface area contributed by atoms with E-state index in [9.17, 15) is 4.79 Å². The van der Waals surface area contributed by atoms with E-state index in [0.717, 1.165) is 42.0 Å². The van der Waals surface area contributed by atoms with Gasteiger partial charge in [0.05, 0.1) is 12.5 Å². The first-order valence-corrected chi connectivity index (χ1v) is 7.48. The predicted octanol–water partition coefficient (Wildman–Crippen LogP) is 2.27. The summed E-state index contributed by atoms with van der Waals surface area (Å²) < 4.78 is 5.39. The van der Waals surface area contributed by atoms with Crippen molar-refractivity contribution in [2.45, 2.75) is 33.7 Å². The number of benzene rings is 1. The Morgan fingerprint density at radius 3 is 2.48 bits per heavy atom. The molecule has 0 bridgehead atoms. The Labute approximate surface area is 127 Å². The number of nitrogens with one attached hydrogen (secondary N) is 1. The minimum absolute atomic E-state index is 0.221. The summed E-state index contributed by atoms with van der Waals surface area (Å²) in [7, 11) is 3.58. The fourth-order valence-corrected chi connectivity index (χ4v) is 3.26. The number of rotatable bonds is 4. The number of hydrogen-bond donors (Lipinski definition) is 1. The number of ether oxygens (including phenoxy) is 1.